The third-order valence-corrected chi connectivity index (χ3v) is 6.99. The normalized spacial score (nSPS) is 11.5. The van der Waals surface area contributed by atoms with Gasteiger partial charge in [-0.05, 0) is 55.6 Å². The van der Waals surface area contributed by atoms with Gasteiger partial charge in [-0.15, -0.1) is 46.2 Å². The summed E-state index contributed by atoms with van der Waals surface area (Å²) in [7, 11) is 0. The third kappa shape index (κ3) is 6.93. The van der Waals surface area contributed by atoms with Crippen LogP contribution in [0.3, 0.4) is 0 Å². The Morgan fingerprint density at radius 1 is 1.00 bits per heavy atom. The molecule has 193 valence electrons. The number of benzene rings is 3. The van der Waals surface area contributed by atoms with E-state index < -0.39 is 0 Å². The number of carbonyl (C=O) groups excluding carboxylic acids is 1. The molecule has 0 atom stereocenters. The van der Waals surface area contributed by atoms with Gasteiger partial charge in [0.05, 0.1) is 11.3 Å². The molecule has 3 nitrogen and oxygen atoms in total. The fourth-order valence-corrected chi connectivity index (χ4v) is 5.71. The maximum absolute atomic E-state index is 10.0. The molecule has 5 heteroatoms. The monoisotopic (exact) mass is 687 g/mol. The molecule has 1 N–H and O–H groups in total. The molecule has 0 aliphatic rings. The van der Waals surface area contributed by atoms with Gasteiger partial charge in [0.25, 0.3) is 0 Å². The Hall–Kier alpha value is -2.85. The standard InChI is InChI=1S/C27H24NS.C5H8O2.Ir/c1-16(2)9-19-13-24(20-11-17(3)10-18(4)12-20)28-25-15-27-23(14-22(19)25)21-7-5-6-8-26(21)29-27;1-4(6)3-5(2)7;/h5-8,10-11,13-16H,9H2,1-4H3;3,6H,1-2H3;/q-1;;/b;4-3-;. The van der Waals surface area contributed by atoms with E-state index in [9.17, 15) is 4.79 Å². The molecule has 2 heterocycles. The van der Waals surface area contributed by atoms with Crippen molar-refractivity contribution >= 4 is 48.2 Å². The largest absolute Gasteiger partial charge is 0.512 e. The quantitative estimate of drug-likeness (QED) is 0.117. The van der Waals surface area contributed by atoms with Crippen LogP contribution in [-0.2, 0) is 31.3 Å². The summed E-state index contributed by atoms with van der Waals surface area (Å²) in [5.74, 6) is 0.527. The molecule has 0 aliphatic carbocycles. The zero-order valence-electron chi connectivity index (χ0n) is 22.1. The van der Waals surface area contributed by atoms with E-state index in [0.29, 0.717) is 5.92 Å². The molecular formula is C32H32IrNO2S-. The number of carbonyl (C=O) groups is 1. The number of thiophene rings is 1. The van der Waals surface area contributed by atoms with Gasteiger partial charge in [-0.2, -0.15) is 0 Å². The number of ketones is 1. The van der Waals surface area contributed by atoms with Crippen LogP contribution < -0.4 is 0 Å². The molecule has 0 fully saturated rings. The summed E-state index contributed by atoms with van der Waals surface area (Å²) in [6.45, 7) is 11.7. The van der Waals surface area contributed by atoms with Crippen molar-refractivity contribution in [3.05, 3.63) is 89.2 Å². The van der Waals surface area contributed by atoms with Gasteiger partial charge in [0.1, 0.15) is 0 Å². The van der Waals surface area contributed by atoms with Crippen molar-refractivity contribution in [2.45, 2.75) is 48.0 Å². The topological polar surface area (TPSA) is 50.2 Å². The first-order chi connectivity index (χ1) is 17.1. The summed E-state index contributed by atoms with van der Waals surface area (Å²) < 4.78 is 2.65. The van der Waals surface area contributed by atoms with Crippen LogP contribution in [0.25, 0.3) is 42.3 Å². The average Bonchev–Trinajstić information content (AvgIpc) is 3.13. The van der Waals surface area contributed by atoms with E-state index in [1.165, 1.54) is 56.6 Å². The maximum atomic E-state index is 10.0. The zero-order valence-corrected chi connectivity index (χ0v) is 25.3. The van der Waals surface area contributed by atoms with E-state index in [4.69, 9.17) is 10.1 Å². The van der Waals surface area contributed by atoms with Crippen LogP contribution in [-0.4, -0.2) is 15.9 Å². The fourth-order valence-electron chi connectivity index (χ4n) is 4.59. The number of hydrogen-bond donors (Lipinski definition) is 1. The van der Waals surface area contributed by atoms with E-state index in [1.807, 2.05) is 11.3 Å². The van der Waals surface area contributed by atoms with Gasteiger partial charge < -0.3 is 5.11 Å². The maximum Gasteiger partial charge on any atom is 0.155 e. The van der Waals surface area contributed by atoms with E-state index in [0.717, 1.165) is 28.8 Å². The molecule has 0 saturated carbocycles. The van der Waals surface area contributed by atoms with E-state index in [2.05, 4.69) is 88.4 Å². The molecule has 0 amide bonds. The predicted molar refractivity (Wildman–Crippen MR) is 154 cm³/mol. The van der Waals surface area contributed by atoms with Gasteiger partial charge in [-0.25, -0.2) is 0 Å². The number of nitrogens with zero attached hydrogens (tertiary/aromatic N) is 1. The molecule has 2 aromatic heterocycles. The zero-order chi connectivity index (χ0) is 26.0. The Balaban J connectivity index is 0.000000422. The molecule has 0 spiro atoms. The number of hydrogen-bond acceptors (Lipinski definition) is 4. The summed E-state index contributed by atoms with van der Waals surface area (Å²) in [4.78, 5) is 15.1. The number of aromatic nitrogens is 1. The Labute approximate surface area is 236 Å². The van der Waals surface area contributed by atoms with Crippen molar-refractivity contribution in [3.8, 4) is 11.3 Å². The first-order valence-electron chi connectivity index (χ1n) is 12.2. The molecule has 0 aliphatic heterocycles. The smallest absolute Gasteiger partial charge is 0.155 e. The van der Waals surface area contributed by atoms with Crippen LogP contribution in [0.4, 0.5) is 0 Å². The number of aryl methyl sites for hydroxylation is 2. The van der Waals surface area contributed by atoms with Gasteiger partial charge in [0.15, 0.2) is 5.78 Å². The van der Waals surface area contributed by atoms with Crippen molar-refractivity contribution in [2.24, 2.45) is 5.92 Å². The number of pyridine rings is 1. The molecule has 5 rings (SSSR count). The van der Waals surface area contributed by atoms with E-state index >= 15 is 0 Å². The number of aliphatic hydroxyl groups is 1. The van der Waals surface area contributed by atoms with Gasteiger partial charge in [-0.1, -0.05) is 52.0 Å². The van der Waals surface area contributed by atoms with Crippen molar-refractivity contribution in [1.29, 1.82) is 0 Å². The molecule has 0 unspecified atom stereocenters. The number of allylic oxidation sites excluding steroid dienone is 2. The second kappa shape index (κ2) is 12.1. The minimum absolute atomic E-state index is 0. The van der Waals surface area contributed by atoms with Crippen LogP contribution in [0.1, 0.15) is 44.4 Å². The Bertz CT molecular complexity index is 1590. The van der Waals surface area contributed by atoms with E-state index in [1.54, 1.807) is 0 Å². The number of aliphatic hydroxyl groups excluding tert-OH is 1. The molecule has 37 heavy (non-hydrogen) atoms. The van der Waals surface area contributed by atoms with Crippen molar-refractivity contribution in [3.63, 3.8) is 0 Å². The van der Waals surface area contributed by atoms with Crippen LogP contribution in [0.2, 0.25) is 0 Å². The first-order valence-corrected chi connectivity index (χ1v) is 13.1. The second-order valence-corrected chi connectivity index (χ2v) is 11.0. The average molecular weight is 687 g/mol. The van der Waals surface area contributed by atoms with Crippen molar-refractivity contribution in [2.75, 3.05) is 0 Å². The van der Waals surface area contributed by atoms with Gasteiger partial charge in [0, 0.05) is 51.7 Å². The summed E-state index contributed by atoms with van der Waals surface area (Å²) in [5.41, 5.74) is 7.00. The number of rotatable bonds is 4. The SMILES string of the molecule is CC(=O)/C=C(/C)O.Cc1[c-]c(-c2cc(CC(C)C)c3cc4c(cc3n2)sc2ccccc24)cc(C)c1.[Ir]. The summed E-state index contributed by atoms with van der Waals surface area (Å²) in [6.07, 6.45) is 2.21. The Morgan fingerprint density at radius 3 is 2.35 bits per heavy atom. The summed E-state index contributed by atoms with van der Waals surface area (Å²) in [5, 5.41) is 12.3. The first kappa shape index (κ1) is 28.7. The minimum Gasteiger partial charge on any atom is -0.512 e. The van der Waals surface area contributed by atoms with Gasteiger partial charge in [0.2, 0.25) is 0 Å². The molecule has 1 radical (unpaired) electrons. The van der Waals surface area contributed by atoms with Crippen LogP contribution >= 0.6 is 11.3 Å². The van der Waals surface area contributed by atoms with Crippen LogP contribution in [0.15, 0.2) is 66.4 Å². The van der Waals surface area contributed by atoms with Gasteiger partial charge in [-0.3, -0.25) is 9.78 Å². The molecule has 0 saturated heterocycles. The van der Waals surface area contributed by atoms with E-state index in [-0.39, 0.29) is 31.6 Å². The van der Waals surface area contributed by atoms with Crippen molar-refractivity contribution < 1.29 is 30.0 Å². The van der Waals surface area contributed by atoms with Crippen LogP contribution in [0, 0.1) is 25.8 Å². The summed E-state index contributed by atoms with van der Waals surface area (Å²) in [6, 6.07) is 23.5. The second-order valence-electron chi connectivity index (χ2n) is 9.88. The minimum atomic E-state index is -0.125. The number of fused-ring (bicyclic) bond motifs is 4. The molecular weight excluding hydrogens is 655 g/mol. The third-order valence-electron chi connectivity index (χ3n) is 5.86. The molecule has 0 bridgehead atoms. The van der Waals surface area contributed by atoms with Crippen molar-refractivity contribution in [1.82, 2.24) is 4.98 Å². The summed E-state index contributed by atoms with van der Waals surface area (Å²) >= 11 is 1.86. The Morgan fingerprint density at radius 2 is 1.73 bits per heavy atom. The van der Waals surface area contributed by atoms with Gasteiger partial charge >= 0.3 is 0 Å². The fraction of sp³-hybridized carbons (Fsp3) is 0.250. The predicted octanol–water partition coefficient (Wildman–Crippen LogP) is 8.92. The van der Waals surface area contributed by atoms with Crippen LogP contribution in [0.5, 0.6) is 0 Å². The Kier molecular flexibility index (Phi) is 9.41. The molecule has 5 aromatic rings. The molecule has 3 aromatic carbocycles.